The zero-order valence-corrected chi connectivity index (χ0v) is 11.1. The van der Waals surface area contributed by atoms with Crippen molar-refractivity contribution in [3.8, 4) is 5.88 Å². The van der Waals surface area contributed by atoms with Gasteiger partial charge in [-0.15, -0.1) is 5.10 Å². The van der Waals surface area contributed by atoms with Crippen molar-refractivity contribution in [3.05, 3.63) is 58.9 Å². The normalized spacial score (nSPS) is 10.8. The second-order valence-electron chi connectivity index (χ2n) is 4.17. The maximum atomic E-state index is 5.87. The highest BCUT2D eigenvalue weighted by atomic mass is 35.5. The zero-order valence-electron chi connectivity index (χ0n) is 10.4. The third kappa shape index (κ3) is 2.39. The Kier molecular flexibility index (Phi) is 3.09. The van der Waals surface area contributed by atoms with Gasteiger partial charge in [0.05, 0.1) is 7.11 Å². The molecular weight excluding hydrogens is 262 g/mol. The predicted molar refractivity (Wildman–Crippen MR) is 73.8 cm³/mol. The van der Waals surface area contributed by atoms with Crippen LogP contribution in [0.4, 0.5) is 0 Å². The lowest BCUT2D eigenvalue weighted by molar-refractivity contribution is 0.385. The van der Waals surface area contributed by atoms with Gasteiger partial charge in [-0.3, -0.25) is 0 Å². The fourth-order valence-electron chi connectivity index (χ4n) is 1.94. The molecule has 0 aliphatic heterocycles. The molecule has 19 heavy (non-hydrogen) atoms. The molecule has 0 N–H and O–H groups in total. The van der Waals surface area contributed by atoms with Gasteiger partial charge in [0.1, 0.15) is 0 Å². The third-order valence-electron chi connectivity index (χ3n) is 2.85. The molecule has 0 saturated heterocycles. The standard InChI is InChI=1S/C14H12ClN3O/c1-19-14-4-2-3-13-16-12(17-18(13)14)9-10-5-7-11(15)8-6-10/h2-8H,9H2,1H3. The lowest BCUT2D eigenvalue weighted by atomic mass is 10.1. The van der Waals surface area contributed by atoms with Gasteiger partial charge in [-0.25, -0.2) is 4.98 Å². The van der Waals surface area contributed by atoms with E-state index < -0.39 is 0 Å². The van der Waals surface area contributed by atoms with Crippen LogP contribution < -0.4 is 4.74 Å². The van der Waals surface area contributed by atoms with Crippen molar-refractivity contribution < 1.29 is 4.74 Å². The fourth-order valence-corrected chi connectivity index (χ4v) is 2.07. The Balaban J connectivity index is 1.95. The molecule has 2 aromatic heterocycles. The molecule has 2 heterocycles. The fraction of sp³-hybridized carbons (Fsp3) is 0.143. The molecule has 1 aromatic carbocycles. The molecule has 0 aliphatic carbocycles. The second kappa shape index (κ2) is 4.90. The highest BCUT2D eigenvalue weighted by Crippen LogP contribution is 2.15. The Morgan fingerprint density at radius 2 is 1.95 bits per heavy atom. The smallest absolute Gasteiger partial charge is 0.216 e. The molecule has 3 rings (SSSR count). The largest absolute Gasteiger partial charge is 0.481 e. The third-order valence-corrected chi connectivity index (χ3v) is 3.11. The van der Waals surface area contributed by atoms with Crippen molar-refractivity contribution >= 4 is 17.2 Å². The number of halogens is 1. The number of pyridine rings is 1. The van der Waals surface area contributed by atoms with E-state index in [1.54, 1.807) is 11.6 Å². The average Bonchev–Trinajstić information content (AvgIpc) is 2.83. The summed E-state index contributed by atoms with van der Waals surface area (Å²) in [7, 11) is 1.62. The second-order valence-corrected chi connectivity index (χ2v) is 4.61. The monoisotopic (exact) mass is 273 g/mol. The lowest BCUT2D eigenvalue weighted by Gasteiger charge is -2.00. The van der Waals surface area contributed by atoms with Crippen LogP contribution in [-0.2, 0) is 6.42 Å². The van der Waals surface area contributed by atoms with Crippen molar-refractivity contribution in [3.63, 3.8) is 0 Å². The van der Waals surface area contributed by atoms with Crippen molar-refractivity contribution in [1.29, 1.82) is 0 Å². The molecular formula is C14H12ClN3O. The van der Waals surface area contributed by atoms with Crippen molar-refractivity contribution in [2.45, 2.75) is 6.42 Å². The predicted octanol–water partition coefficient (Wildman–Crippen LogP) is 2.98. The molecule has 0 aliphatic rings. The highest BCUT2D eigenvalue weighted by Gasteiger charge is 2.07. The number of nitrogens with zero attached hydrogens (tertiary/aromatic N) is 3. The number of benzene rings is 1. The van der Waals surface area contributed by atoms with Crippen LogP contribution in [0.1, 0.15) is 11.4 Å². The van der Waals surface area contributed by atoms with Gasteiger partial charge in [-0.05, 0) is 23.8 Å². The summed E-state index contributed by atoms with van der Waals surface area (Å²) in [6.07, 6.45) is 0.669. The van der Waals surface area contributed by atoms with E-state index in [1.165, 1.54) is 0 Å². The van der Waals surface area contributed by atoms with E-state index in [1.807, 2.05) is 42.5 Å². The summed E-state index contributed by atoms with van der Waals surface area (Å²) in [5, 5.41) is 5.18. The molecule has 0 amide bonds. The number of methoxy groups -OCH3 is 1. The van der Waals surface area contributed by atoms with E-state index in [-0.39, 0.29) is 0 Å². The van der Waals surface area contributed by atoms with E-state index in [9.17, 15) is 0 Å². The number of rotatable bonds is 3. The first-order valence-electron chi connectivity index (χ1n) is 5.89. The topological polar surface area (TPSA) is 39.4 Å². The number of hydrogen-bond donors (Lipinski definition) is 0. The number of aromatic nitrogens is 3. The molecule has 0 fully saturated rings. The van der Waals surface area contributed by atoms with E-state index >= 15 is 0 Å². The van der Waals surface area contributed by atoms with Crippen LogP contribution in [0, 0.1) is 0 Å². The first-order valence-corrected chi connectivity index (χ1v) is 6.27. The van der Waals surface area contributed by atoms with E-state index in [4.69, 9.17) is 16.3 Å². The van der Waals surface area contributed by atoms with Crippen LogP contribution >= 0.6 is 11.6 Å². The molecule has 0 bridgehead atoms. The van der Waals surface area contributed by atoms with Crippen molar-refractivity contribution in [2.24, 2.45) is 0 Å². The minimum atomic E-state index is 0.669. The van der Waals surface area contributed by atoms with Crippen molar-refractivity contribution in [1.82, 2.24) is 14.6 Å². The summed E-state index contributed by atoms with van der Waals surface area (Å²) < 4.78 is 6.95. The average molecular weight is 274 g/mol. The minimum absolute atomic E-state index is 0.669. The van der Waals surface area contributed by atoms with Crippen molar-refractivity contribution in [2.75, 3.05) is 7.11 Å². The highest BCUT2D eigenvalue weighted by molar-refractivity contribution is 6.30. The van der Waals surface area contributed by atoms with E-state index in [0.29, 0.717) is 12.3 Å². The maximum Gasteiger partial charge on any atom is 0.216 e. The number of ether oxygens (including phenoxy) is 1. The Labute approximate surface area is 115 Å². The SMILES string of the molecule is COc1cccc2nc(Cc3ccc(Cl)cc3)nn12. The van der Waals surface area contributed by atoms with Gasteiger partial charge < -0.3 is 4.74 Å². The molecule has 0 spiro atoms. The van der Waals surface area contributed by atoms with Crippen LogP contribution in [0.25, 0.3) is 5.65 Å². The molecule has 96 valence electrons. The molecule has 4 nitrogen and oxygen atoms in total. The summed E-state index contributed by atoms with van der Waals surface area (Å²) in [6.45, 7) is 0. The summed E-state index contributed by atoms with van der Waals surface area (Å²) >= 11 is 5.87. The maximum absolute atomic E-state index is 5.87. The van der Waals surface area contributed by atoms with Crippen LogP contribution in [-0.4, -0.2) is 21.7 Å². The van der Waals surface area contributed by atoms with Gasteiger partial charge in [0.15, 0.2) is 11.5 Å². The Morgan fingerprint density at radius 1 is 1.16 bits per heavy atom. The summed E-state index contributed by atoms with van der Waals surface area (Å²) in [5.41, 5.74) is 1.91. The summed E-state index contributed by atoms with van der Waals surface area (Å²) in [4.78, 5) is 4.48. The Morgan fingerprint density at radius 3 is 2.68 bits per heavy atom. The van der Waals surface area contributed by atoms with Crippen LogP contribution in [0.2, 0.25) is 5.02 Å². The molecule has 0 saturated carbocycles. The summed E-state index contributed by atoms with van der Waals surface area (Å²) in [6, 6.07) is 13.3. The van der Waals surface area contributed by atoms with Gasteiger partial charge in [0, 0.05) is 17.5 Å². The Hall–Kier alpha value is -2.07. The molecule has 0 radical (unpaired) electrons. The van der Waals surface area contributed by atoms with E-state index in [0.717, 1.165) is 22.1 Å². The first kappa shape index (κ1) is 12.0. The summed E-state index contributed by atoms with van der Waals surface area (Å²) in [5.74, 6) is 1.43. The van der Waals surface area contributed by atoms with Crippen LogP contribution in [0.15, 0.2) is 42.5 Å². The lowest BCUT2D eigenvalue weighted by Crippen LogP contribution is -1.96. The van der Waals surface area contributed by atoms with Gasteiger partial charge in [0.2, 0.25) is 5.88 Å². The molecule has 5 heteroatoms. The van der Waals surface area contributed by atoms with E-state index in [2.05, 4.69) is 10.1 Å². The zero-order chi connectivity index (χ0) is 13.2. The minimum Gasteiger partial charge on any atom is -0.481 e. The van der Waals surface area contributed by atoms with Crippen LogP contribution in [0.5, 0.6) is 5.88 Å². The van der Waals surface area contributed by atoms with Gasteiger partial charge in [0.25, 0.3) is 0 Å². The quantitative estimate of drug-likeness (QED) is 0.736. The molecule has 0 atom stereocenters. The first-order chi connectivity index (χ1) is 9.26. The number of hydrogen-bond acceptors (Lipinski definition) is 3. The number of fused-ring (bicyclic) bond motifs is 1. The van der Waals surface area contributed by atoms with Gasteiger partial charge in [-0.1, -0.05) is 29.8 Å². The molecule has 0 unspecified atom stereocenters. The van der Waals surface area contributed by atoms with Crippen LogP contribution in [0.3, 0.4) is 0 Å². The van der Waals surface area contributed by atoms with Gasteiger partial charge >= 0.3 is 0 Å². The molecule has 3 aromatic rings. The van der Waals surface area contributed by atoms with Gasteiger partial charge in [-0.2, -0.15) is 4.52 Å². The Bertz CT molecular complexity index is 706.